The monoisotopic (exact) mass is 424 g/mol. The van der Waals surface area contributed by atoms with E-state index in [0.717, 1.165) is 43.1 Å². The second kappa shape index (κ2) is 10.5. The number of nitrogens with zero attached hydrogens (tertiary/aromatic N) is 2. The second-order valence-electron chi connectivity index (χ2n) is 7.92. The molecule has 0 radical (unpaired) electrons. The molecule has 31 heavy (non-hydrogen) atoms. The Hall–Kier alpha value is -2.80. The molecule has 4 rings (SSSR count). The smallest absolute Gasteiger partial charge is 0.224 e. The molecule has 166 valence electrons. The average molecular weight is 425 g/mol. The minimum absolute atomic E-state index is 0.297. The molecule has 3 heterocycles. The lowest BCUT2D eigenvalue weighted by atomic mass is 9.96. The van der Waals surface area contributed by atoms with E-state index in [1.807, 2.05) is 36.4 Å². The minimum Gasteiger partial charge on any atom is -0.490 e. The summed E-state index contributed by atoms with van der Waals surface area (Å²) >= 11 is 0. The molecule has 2 fully saturated rings. The Balaban J connectivity index is 1.46. The maximum Gasteiger partial charge on any atom is 0.224 e. The minimum atomic E-state index is 0.297. The van der Waals surface area contributed by atoms with Gasteiger partial charge in [-0.2, -0.15) is 0 Å². The first-order valence-electron chi connectivity index (χ1n) is 11.3. The molecule has 7 nitrogen and oxygen atoms in total. The molecular weight excluding hydrogens is 392 g/mol. The number of aliphatic imine (C=N–C) groups is 1. The molecule has 2 aliphatic heterocycles. The maximum atomic E-state index is 6.14. The fourth-order valence-electron chi connectivity index (χ4n) is 4.06. The summed E-state index contributed by atoms with van der Waals surface area (Å²) in [5, 5.41) is 6.90. The number of ether oxygens (including phenoxy) is 3. The van der Waals surface area contributed by atoms with Gasteiger partial charge < -0.3 is 24.8 Å². The van der Waals surface area contributed by atoms with E-state index in [2.05, 4.69) is 29.5 Å². The lowest BCUT2D eigenvalue weighted by Gasteiger charge is -2.22. The van der Waals surface area contributed by atoms with E-state index >= 15 is 0 Å². The molecule has 2 N–H and O–H groups in total. The summed E-state index contributed by atoms with van der Waals surface area (Å²) < 4.78 is 17.9. The van der Waals surface area contributed by atoms with E-state index in [4.69, 9.17) is 19.2 Å². The highest BCUT2D eigenvalue weighted by molar-refractivity contribution is 5.80. The summed E-state index contributed by atoms with van der Waals surface area (Å²) in [5.41, 5.74) is 0.911. The SMILES string of the molecule is CCCOc1ccccc1Oc1ncccc1CN=C(NCC)NC1CC2CCC1O2. The van der Waals surface area contributed by atoms with E-state index in [1.165, 1.54) is 6.42 Å². The van der Waals surface area contributed by atoms with Gasteiger partial charge in [-0.25, -0.2) is 9.98 Å². The Morgan fingerprint density at radius 1 is 1.16 bits per heavy atom. The van der Waals surface area contributed by atoms with E-state index in [0.29, 0.717) is 43.0 Å². The summed E-state index contributed by atoms with van der Waals surface area (Å²) in [7, 11) is 0. The Morgan fingerprint density at radius 3 is 2.77 bits per heavy atom. The third-order valence-corrected chi connectivity index (χ3v) is 5.55. The fraction of sp³-hybridized carbons (Fsp3) is 0.500. The Kier molecular flexibility index (Phi) is 7.25. The lowest BCUT2D eigenvalue weighted by molar-refractivity contribution is 0.0992. The van der Waals surface area contributed by atoms with Crippen LogP contribution >= 0.6 is 0 Å². The molecule has 0 amide bonds. The fourth-order valence-corrected chi connectivity index (χ4v) is 4.06. The van der Waals surface area contributed by atoms with Gasteiger partial charge in [-0.1, -0.05) is 25.1 Å². The largest absolute Gasteiger partial charge is 0.490 e. The van der Waals surface area contributed by atoms with Crippen molar-refractivity contribution in [3.05, 3.63) is 48.2 Å². The van der Waals surface area contributed by atoms with E-state index in [-0.39, 0.29) is 0 Å². The third kappa shape index (κ3) is 5.47. The van der Waals surface area contributed by atoms with Crippen molar-refractivity contribution in [3.8, 4) is 17.4 Å². The Labute approximate surface area is 184 Å². The quantitative estimate of drug-likeness (QED) is 0.467. The van der Waals surface area contributed by atoms with Crippen LogP contribution in [0.1, 0.15) is 45.1 Å². The summed E-state index contributed by atoms with van der Waals surface area (Å²) in [6.07, 6.45) is 6.72. The molecule has 2 aromatic rings. The molecule has 3 unspecified atom stereocenters. The lowest BCUT2D eigenvalue weighted by Crippen LogP contribution is -2.47. The first kappa shape index (κ1) is 21.4. The van der Waals surface area contributed by atoms with Gasteiger partial charge in [-0.3, -0.25) is 0 Å². The number of hydrogen-bond acceptors (Lipinski definition) is 5. The Morgan fingerprint density at radius 2 is 2.03 bits per heavy atom. The van der Waals surface area contributed by atoms with Gasteiger partial charge in [-0.05, 0) is 50.8 Å². The molecular formula is C24H32N4O3. The molecule has 2 saturated heterocycles. The number of aromatic nitrogens is 1. The zero-order valence-corrected chi connectivity index (χ0v) is 18.3. The van der Waals surface area contributed by atoms with Crippen LogP contribution in [0.4, 0.5) is 0 Å². The van der Waals surface area contributed by atoms with E-state index in [1.54, 1.807) is 6.20 Å². The van der Waals surface area contributed by atoms with Crippen LogP contribution < -0.4 is 20.1 Å². The van der Waals surface area contributed by atoms with Crippen molar-refractivity contribution < 1.29 is 14.2 Å². The average Bonchev–Trinajstić information content (AvgIpc) is 3.41. The number of fused-ring (bicyclic) bond motifs is 2. The number of nitrogens with one attached hydrogen (secondary N) is 2. The predicted molar refractivity (Wildman–Crippen MR) is 121 cm³/mol. The number of rotatable bonds is 9. The van der Waals surface area contributed by atoms with Gasteiger partial charge in [0, 0.05) is 18.3 Å². The standard InChI is InChI=1S/C24H32N4O3/c1-3-14-29-21-9-5-6-10-22(21)31-23-17(8-7-13-26-23)16-27-24(25-4-2)28-19-15-18-11-12-20(19)30-18/h5-10,13,18-20H,3-4,11-12,14-16H2,1-2H3,(H2,25,27,28). The van der Waals surface area contributed by atoms with Crippen molar-refractivity contribution in [2.45, 2.75) is 64.3 Å². The van der Waals surface area contributed by atoms with Crippen molar-refractivity contribution >= 4 is 5.96 Å². The number of para-hydroxylation sites is 2. The third-order valence-electron chi connectivity index (χ3n) is 5.55. The molecule has 2 bridgehead atoms. The predicted octanol–water partition coefficient (Wildman–Crippen LogP) is 4.04. The summed E-state index contributed by atoms with van der Waals surface area (Å²) in [4.78, 5) is 9.24. The Bertz CT molecular complexity index is 889. The van der Waals surface area contributed by atoms with Crippen LogP contribution in [0.25, 0.3) is 0 Å². The molecule has 1 aromatic carbocycles. The van der Waals surface area contributed by atoms with Crippen molar-refractivity contribution in [3.63, 3.8) is 0 Å². The molecule has 0 spiro atoms. The van der Waals surface area contributed by atoms with Crippen LogP contribution in [0.15, 0.2) is 47.6 Å². The summed E-state index contributed by atoms with van der Waals surface area (Å²) in [5.74, 6) is 2.71. The number of benzene rings is 1. The highest BCUT2D eigenvalue weighted by Crippen LogP contribution is 2.34. The van der Waals surface area contributed by atoms with E-state index < -0.39 is 0 Å². The molecule has 0 saturated carbocycles. The first-order valence-corrected chi connectivity index (χ1v) is 11.3. The van der Waals surface area contributed by atoms with Gasteiger partial charge in [0.15, 0.2) is 17.5 Å². The van der Waals surface area contributed by atoms with Gasteiger partial charge in [0.05, 0.1) is 31.4 Å². The zero-order chi connectivity index (χ0) is 21.5. The molecule has 0 aliphatic carbocycles. The van der Waals surface area contributed by atoms with Crippen molar-refractivity contribution in [2.24, 2.45) is 4.99 Å². The van der Waals surface area contributed by atoms with Gasteiger partial charge in [0.1, 0.15) is 0 Å². The highest BCUT2D eigenvalue weighted by Gasteiger charge is 2.41. The maximum absolute atomic E-state index is 6.14. The second-order valence-corrected chi connectivity index (χ2v) is 7.92. The van der Waals surface area contributed by atoms with E-state index in [9.17, 15) is 0 Å². The van der Waals surface area contributed by atoms with Crippen LogP contribution in [-0.4, -0.2) is 42.3 Å². The first-order chi connectivity index (χ1) is 15.3. The van der Waals surface area contributed by atoms with Gasteiger partial charge in [-0.15, -0.1) is 0 Å². The van der Waals surface area contributed by atoms with Crippen LogP contribution in [0.5, 0.6) is 17.4 Å². The molecule has 2 aliphatic rings. The van der Waals surface area contributed by atoms with Crippen LogP contribution in [0.2, 0.25) is 0 Å². The molecule has 3 atom stereocenters. The van der Waals surface area contributed by atoms with Crippen molar-refractivity contribution in [1.29, 1.82) is 0 Å². The molecule has 1 aromatic heterocycles. The number of guanidine groups is 1. The van der Waals surface area contributed by atoms with Gasteiger partial charge in [0.2, 0.25) is 5.88 Å². The number of pyridine rings is 1. The molecule has 7 heteroatoms. The van der Waals surface area contributed by atoms with Gasteiger partial charge in [0.25, 0.3) is 0 Å². The topological polar surface area (TPSA) is 77.0 Å². The zero-order valence-electron chi connectivity index (χ0n) is 18.3. The van der Waals surface area contributed by atoms with Crippen LogP contribution in [0.3, 0.4) is 0 Å². The van der Waals surface area contributed by atoms with Crippen molar-refractivity contribution in [2.75, 3.05) is 13.2 Å². The number of hydrogen-bond donors (Lipinski definition) is 2. The van der Waals surface area contributed by atoms with Crippen molar-refractivity contribution in [1.82, 2.24) is 15.6 Å². The van der Waals surface area contributed by atoms with Crippen LogP contribution in [0, 0.1) is 0 Å². The van der Waals surface area contributed by atoms with Crippen LogP contribution in [-0.2, 0) is 11.3 Å². The normalized spacial score (nSPS) is 22.4. The summed E-state index contributed by atoms with van der Waals surface area (Å²) in [6.45, 7) is 6.05. The van der Waals surface area contributed by atoms with Gasteiger partial charge >= 0.3 is 0 Å². The highest BCUT2D eigenvalue weighted by atomic mass is 16.5. The summed E-state index contributed by atoms with van der Waals surface area (Å²) in [6, 6.07) is 11.9.